The third kappa shape index (κ3) is 5.88. The lowest BCUT2D eigenvalue weighted by molar-refractivity contribution is -0.123. The zero-order valence-corrected chi connectivity index (χ0v) is 23.6. The SMILES string of the molecule is Cc1cc(/C=C2/SC(=O)N(CC3CCCCC3)C2=O)c(C)n1-c1ccc(OCc2ccc(Br)cc2)cc1. The van der Waals surface area contributed by atoms with Gasteiger partial charge in [-0.25, -0.2) is 0 Å². The predicted molar refractivity (Wildman–Crippen MR) is 153 cm³/mol. The van der Waals surface area contributed by atoms with E-state index in [4.69, 9.17) is 4.74 Å². The van der Waals surface area contributed by atoms with Crippen molar-refractivity contribution in [1.29, 1.82) is 0 Å². The first kappa shape index (κ1) is 25.9. The Morgan fingerprint density at radius 3 is 2.41 bits per heavy atom. The standard InChI is InChI=1S/C30H31BrN2O3S/c1-20-16-24(17-28-29(34)32(30(35)37-28)18-22-6-4-3-5-7-22)21(2)33(20)26-12-14-27(15-13-26)36-19-23-8-10-25(31)11-9-23/h8-17,22H,3-7,18-19H2,1-2H3/b28-17+. The van der Waals surface area contributed by atoms with E-state index < -0.39 is 0 Å². The lowest BCUT2D eigenvalue weighted by atomic mass is 9.89. The summed E-state index contributed by atoms with van der Waals surface area (Å²) >= 11 is 4.52. The van der Waals surface area contributed by atoms with E-state index in [2.05, 4.69) is 33.5 Å². The van der Waals surface area contributed by atoms with Crippen LogP contribution in [0.15, 0.2) is 64.0 Å². The molecule has 1 aliphatic carbocycles. The molecule has 2 heterocycles. The highest BCUT2D eigenvalue weighted by Crippen LogP contribution is 2.36. The molecule has 0 radical (unpaired) electrons. The van der Waals surface area contributed by atoms with Crippen LogP contribution in [0.25, 0.3) is 11.8 Å². The van der Waals surface area contributed by atoms with Crippen LogP contribution in [-0.2, 0) is 11.4 Å². The molecule has 5 rings (SSSR count). The van der Waals surface area contributed by atoms with Crippen molar-refractivity contribution in [3.05, 3.63) is 86.5 Å². The summed E-state index contributed by atoms with van der Waals surface area (Å²) in [7, 11) is 0. The molecule has 3 aromatic rings. The number of carbonyl (C=O) groups is 2. The summed E-state index contributed by atoms with van der Waals surface area (Å²) in [5.41, 5.74) is 5.18. The normalized spacial score (nSPS) is 17.7. The Hall–Kier alpha value is -2.77. The number of imide groups is 1. The molecule has 2 amide bonds. The molecule has 0 spiro atoms. The zero-order chi connectivity index (χ0) is 25.9. The smallest absolute Gasteiger partial charge is 0.293 e. The van der Waals surface area contributed by atoms with Crippen LogP contribution in [0, 0.1) is 19.8 Å². The lowest BCUT2D eigenvalue weighted by Crippen LogP contribution is -2.34. The lowest BCUT2D eigenvalue weighted by Gasteiger charge is -2.25. The fourth-order valence-corrected chi connectivity index (χ4v) is 6.30. The summed E-state index contributed by atoms with van der Waals surface area (Å²) in [6.45, 7) is 5.16. The molecule has 0 bridgehead atoms. The quantitative estimate of drug-likeness (QED) is 0.266. The Morgan fingerprint density at radius 1 is 1.00 bits per heavy atom. The van der Waals surface area contributed by atoms with Crippen LogP contribution in [0.4, 0.5) is 4.79 Å². The summed E-state index contributed by atoms with van der Waals surface area (Å²) < 4.78 is 9.16. The third-order valence-electron chi connectivity index (χ3n) is 7.21. The van der Waals surface area contributed by atoms with Crippen molar-refractivity contribution in [2.24, 2.45) is 5.92 Å². The first-order chi connectivity index (χ1) is 17.9. The van der Waals surface area contributed by atoms with Crippen LogP contribution in [0.5, 0.6) is 5.75 Å². The summed E-state index contributed by atoms with van der Waals surface area (Å²) in [6, 6.07) is 18.2. The second-order valence-corrected chi connectivity index (χ2v) is 11.8. The second kappa shape index (κ2) is 11.3. The fourth-order valence-electron chi connectivity index (χ4n) is 5.20. The second-order valence-electron chi connectivity index (χ2n) is 9.87. The Morgan fingerprint density at radius 2 is 1.70 bits per heavy atom. The van der Waals surface area contributed by atoms with Gasteiger partial charge in [-0.15, -0.1) is 0 Å². The number of benzene rings is 2. The fraction of sp³-hybridized carbons (Fsp3) is 0.333. The average Bonchev–Trinajstić information content (AvgIpc) is 3.33. The highest BCUT2D eigenvalue weighted by atomic mass is 79.9. The van der Waals surface area contributed by atoms with E-state index in [1.807, 2.05) is 61.5 Å². The molecule has 37 heavy (non-hydrogen) atoms. The van der Waals surface area contributed by atoms with E-state index >= 15 is 0 Å². The first-order valence-electron chi connectivity index (χ1n) is 12.8. The number of thioether (sulfide) groups is 1. The molecule has 5 nitrogen and oxygen atoms in total. The van der Waals surface area contributed by atoms with Gasteiger partial charge in [-0.2, -0.15) is 0 Å². The van der Waals surface area contributed by atoms with Gasteiger partial charge in [0.2, 0.25) is 0 Å². The summed E-state index contributed by atoms with van der Waals surface area (Å²) in [6.07, 6.45) is 7.74. The van der Waals surface area contributed by atoms with Gasteiger partial charge in [0.1, 0.15) is 12.4 Å². The Kier molecular flexibility index (Phi) is 7.91. The molecular weight excluding hydrogens is 548 g/mol. The maximum absolute atomic E-state index is 13.1. The van der Waals surface area contributed by atoms with Crippen molar-refractivity contribution >= 4 is 44.9 Å². The van der Waals surface area contributed by atoms with E-state index in [0.717, 1.165) is 63.0 Å². The monoisotopic (exact) mass is 578 g/mol. The third-order valence-corrected chi connectivity index (χ3v) is 8.65. The van der Waals surface area contributed by atoms with Crippen molar-refractivity contribution in [2.75, 3.05) is 6.54 Å². The van der Waals surface area contributed by atoms with E-state index in [-0.39, 0.29) is 11.1 Å². The zero-order valence-electron chi connectivity index (χ0n) is 21.2. The van der Waals surface area contributed by atoms with E-state index in [1.165, 1.54) is 24.2 Å². The van der Waals surface area contributed by atoms with E-state index in [1.54, 1.807) is 0 Å². The van der Waals surface area contributed by atoms with Crippen LogP contribution in [-0.4, -0.2) is 27.2 Å². The Balaban J connectivity index is 1.29. The summed E-state index contributed by atoms with van der Waals surface area (Å²) in [5, 5.41) is -0.144. The number of aromatic nitrogens is 1. The molecule has 1 saturated heterocycles. The molecule has 2 fully saturated rings. The number of ether oxygens (including phenoxy) is 1. The summed E-state index contributed by atoms with van der Waals surface area (Å²) in [5.74, 6) is 1.09. The van der Waals surface area contributed by atoms with Gasteiger partial charge in [-0.3, -0.25) is 14.5 Å². The molecule has 2 aliphatic rings. The molecule has 2 aromatic carbocycles. The first-order valence-corrected chi connectivity index (χ1v) is 14.4. The number of hydrogen-bond donors (Lipinski definition) is 0. The molecule has 0 unspecified atom stereocenters. The van der Waals surface area contributed by atoms with Gasteiger partial charge in [0, 0.05) is 28.1 Å². The van der Waals surface area contributed by atoms with Crippen molar-refractivity contribution in [3.8, 4) is 11.4 Å². The van der Waals surface area contributed by atoms with Gasteiger partial charge in [0.15, 0.2) is 0 Å². The van der Waals surface area contributed by atoms with Crippen LogP contribution in [0.2, 0.25) is 0 Å². The maximum Gasteiger partial charge on any atom is 0.293 e. The molecular formula is C30H31BrN2O3S. The van der Waals surface area contributed by atoms with Crippen molar-refractivity contribution in [2.45, 2.75) is 52.6 Å². The number of hydrogen-bond acceptors (Lipinski definition) is 4. The Labute approximate surface area is 231 Å². The highest BCUT2D eigenvalue weighted by molar-refractivity contribution is 9.10. The van der Waals surface area contributed by atoms with Crippen molar-refractivity contribution in [1.82, 2.24) is 9.47 Å². The van der Waals surface area contributed by atoms with Gasteiger partial charge in [-0.05, 0) is 104 Å². The van der Waals surface area contributed by atoms with Crippen LogP contribution >= 0.6 is 27.7 Å². The molecule has 7 heteroatoms. The van der Waals surface area contributed by atoms with Gasteiger partial charge in [0.25, 0.3) is 11.1 Å². The number of amides is 2. The molecule has 1 aliphatic heterocycles. The molecule has 0 atom stereocenters. The Bertz CT molecular complexity index is 1320. The number of rotatable bonds is 7. The summed E-state index contributed by atoms with van der Waals surface area (Å²) in [4.78, 5) is 27.7. The maximum atomic E-state index is 13.1. The van der Waals surface area contributed by atoms with Gasteiger partial charge < -0.3 is 9.30 Å². The number of carbonyl (C=O) groups excluding carboxylic acids is 2. The minimum Gasteiger partial charge on any atom is -0.489 e. The van der Waals surface area contributed by atoms with Crippen LogP contribution in [0.3, 0.4) is 0 Å². The van der Waals surface area contributed by atoms with E-state index in [9.17, 15) is 9.59 Å². The average molecular weight is 580 g/mol. The van der Waals surface area contributed by atoms with Crippen molar-refractivity contribution in [3.63, 3.8) is 0 Å². The van der Waals surface area contributed by atoms with Crippen LogP contribution < -0.4 is 4.74 Å². The molecule has 1 aromatic heterocycles. The van der Waals surface area contributed by atoms with Crippen LogP contribution in [0.1, 0.15) is 54.6 Å². The van der Waals surface area contributed by atoms with Gasteiger partial charge in [-0.1, -0.05) is 47.3 Å². The predicted octanol–water partition coefficient (Wildman–Crippen LogP) is 8.05. The number of aryl methyl sites for hydroxylation is 1. The largest absolute Gasteiger partial charge is 0.489 e. The van der Waals surface area contributed by atoms with E-state index in [0.29, 0.717) is 24.0 Å². The van der Waals surface area contributed by atoms with Crippen molar-refractivity contribution < 1.29 is 14.3 Å². The topological polar surface area (TPSA) is 51.5 Å². The number of nitrogens with zero attached hydrogens (tertiary/aromatic N) is 2. The highest BCUT2D eigenvalue weighted by Gasteiger charge is 2.36. The van der Waals surface area contributed by atoms with Gasteiger partial charge in [0.05, 0.1) is 4.91 Å². The molecule has 0 N–H and O–H groups in total. The minimum absolute atomic E-state index is 0.144. The molecule has 1 saturated carbocycles. The van der Waals surface area contributed by atoms with Gasteiger partial charge >= 0.3 is 0 Å². The minimum atomic E-state index is -0.155. The molecule has 192 valence electrons. The number of halogens is 1.